The normalized spacial score (nSPS) is 11.5. The van der Waals surface area contributed by atoms with Gasteiger partial charge >= 0.3 is 5.97 Å². The minimum absolute atomic E-state index is 0.147. The average molecular weight is 286 g/mol. The largest absolute Gasteiger partial charge is 0.493 e. The van der Waals surface area contributed by atoms with Gasteiger partial charge in [-0.1, -0.05) is 17.7 Å². The molecule has 0 aromatic heterocycles. The first kappa shape index (κ1) is 15.3. The Morgan fingerprint density at radius 3 is 2.79 bits per heavy atom. The highest BCUT2D eigenvalue weighted by atomic mass is 35.5. The third kappa shape index (κ3) is 5.61. The van der Waals surface area contributed by atoms with Crippen LogP contribution in [0.5, 0.6) is 5.75 Å². The summed E-state index contributed by atoms with van der Waals surface area (Å²) in [6.45, 7) is 1.77. The van der Waals surface area contributed by atoms with Crippen LogP contribution in [-0.2, 0) is 14.3 Å². The third-order valence-electron chi connectivity index (χ3n) is 2.33. The van der Waals surface area contributed by atoms with E-state index in [4.69, 9.17) is 16.3 Å². The van der Waals surface area contributed by atoms with Crippen LogP contribution in [0.25, 0.3) is 0 Å². The van der Waals surface area contributed by atoms with E-state index in [0.717, 1.165) is 0 Å². The molecule has 1 aromatic carbocycles. The highest BCUT2D eigenvalue weighted by Gasteiger charge is 2.15. The van der Waals surface area contributed by atoms with Gasteiger partial charge in [0.25, 0.3) is 0 Å². The standard InChI is InChI=1S/C13H16ClNO4/c1-9(13(17)18-2)15-12(16)6-7-19-11-5-3-4-10(14)8-11/h3-5,8-9H,6-7H2,1-2H3,(H,15,16). The van der Waals surface area contributed by atoms with Gasteiger partial charge in [-0.15, -0.1) is 0 Å². The number of nitrogens with one attached hydrogen (secondary N) is 1. The van der Waals surface area contributed by atoms with Gasteiger partial charge in [0.05, 0.1) is 20.1 Å². The highest BCUT2D eigenvalue weighted by Crippen LogP contribution is 2.17. The van der Waals surface area contributed by atoms with E-state index < -0.39 is 12.0 Å². The molecule has 19 heavy (non-hydrogen) atoms. The van der Waals surface area contributed by atoms with Crippen molar-refractivity contribution in [2.45, 2.75) is 19.4 Å². The second-order valence-electron chi connectivity index (χ2n) is 3.87. The van der Waals surface area contributed by atoms with Crippen LogP contribution in [0.4, 0.5) is 0 Å². The van der Waals surface area contributed by atoms with Crippen molar-refractivity contribution in [1.29, 1.82) is 0 Å². The van der Waals surface area contributed by atoms with Crippen LogP contribution in [-0.4, -0.2) is 31.6 Å². The van der Waals surface area contributed by atoms with Crippen LogP contribution in [0.2, 0.25) is 5.02 Å². The monoisotopic (exact) mass is 285 g/mol. The van der Waals surface area contributed by atoms with E-state index in [9.17, 15) is 9.59 Å². The van der Waals surface area contributed by atoms with Crippen LogP contribution in [0.3, 0.4) is 0 Å². The SMILES string of the molecule is COC(=O)C(C)NC(=O)CCOc1cccc(Cl)c1. The first-order valence-corrected chi connectivity index (χ1v) is 6.16. The van der Waals surface area contributed by atoms with Crippen molar-refractivity contribution in [1.82, 2.24) is 5.32 Å². The van der Waals surface area contributed by atoms with E-state index in [1.807, 2.05) is 0 Å². The lowest BCUT2D eigenvalue weighted by molar-refractivity contribution is -0.144. The Bertz CT molecular complexity index is 450. The maximum atomic E-state index is 11.5. The van der Waals surface area contributed by atoms with Crippen LogP contribution in [0.1, 0.15) is 13.3 Å². The van der Waals surface area contributed by atoms with Gasteiger partial charge in [0, 0.05) is 5.02 Å². The van der Waals surface area contributed by atoms with Crippen LogP contribution < -0.4 is 10.1 Å². The summed E-state index contributed by atoms with van der Waals surface area (Å²) in [6, 6.07) is 6.25. The summed E-state index contributed by atoms with van der Waals surface area (Å²) in [4.78, 5) is 22.6. The lowest BCUT2D eigenvalue weighted by Gasteiger charge is -2.11. The molecule has 0 radical (unpaired) electrons. The molecule has 0 aliphatic carbocycles. The molecule has 1 N–H and O–H groups in total. The predicted octanol–water partition coefficient (Wildman–Crippen LogP) is 1.79. The second-order valence-corrected chi connectivity index (χ2v) is 4.30. The van der Waals surface area contributed by atoms with Gasteiger partial charge in [0.1, 0.15) is 11.8 Å². The minimum Gasteiger partial charge on any atom is -0.493 e. The molecule has 1 rings (SSSR count). The first-order valence-electron chi connectivity index (χ1n) is 5.78. The zero-order chi connectivity index (χ0) is 14.3. The molecule has 0 saturated carbocycles. The molecule has 0 bridgehead atoms. The van der Waals surface area contributed by atoms with Crippen LogP contribution >= 0.6 is 11.6 Å². The Balaban J connectivity index is 2.29. The molecule has 6 heteroatoms. The third-order valence-corrected chi connectivity index (χ3v) is 2.56. The molecule has 1 aromatic rings. The Morgan fingerprint density at radius 2 is 2.16 bits per heavy atom. The van der Waals surface area contributed by atoms with Crippen molar-refractivity contribution < 1.29 is 19.1 Å². The number of carbonyl (C=O) groups excluding carboxylic acids is 2. The summed E-state index contributed by atoms with van der Waals surface area (Å²) >= 11 is 5.80. The Labute approximate surface area is 116 Å². The number of halogens is 1. The van der Waals surface area contributed by atoms with Gasteiger partial charge in [0.15, 0.2) is 0 Å². The average Bonchev–Trinajstić information content (AvgIpc) is 2.37. The smallest absolute Gasteiger partial charge is 0.328 e. The van der Waals surface area contributed by atoms with E-state index in [1.165, 1.54) is 7.11 Å². The van der Waals surface area contributed by atoms with Gasteiger partial charge in [-0.3, -0.25) is 4.79 Å². The summed E-state index contributed by atoms with van der Waals surface area (Å²) in [7, 11) is 1.27. The number of amides is 1. The summed E-state index contributed by atoms with van der Waals surface area (Å²) in [5.74, 6) is -0.162. The quantitative estimate of drug-likeness (QED) is 0.809. The zero-order valence-electron chi connectivity index (χ0n) is 10.8. The molecule has 1 amide bonds. The van der Waals surface area contributed by atoms with Gasteiger partial charge in [-0.2, -0.15) is 0 Å². The fourth-order valence-corrected chi connectivity index (χ4v) is 1.55. The number of esters is 1. The van der Waals surface area contributed by atoms with Crippen molar-refractivity contribution in [3.05, 3.63) is 29.3 Å². The fraction of sp³-hybridized carbons (Fsp3) is 0.385. The van der Waals surface area contributed by atoms with Crippen molar-refractivity contribution in [3.8, 4) is 5.75 Å². The molecule has 0 saturated heterocycles. The summed E-state index contributed by atoms with van der Waals surface area (Å²) in [6.07, 6.45) is 0.147. The molecule has 0 spiro atoms. The molecule has 0 aliphatic heterocycles. The van der Waals surface area contributed by atoms with Crippen molar-refractivity contribution in [2.75, 3.05) is 13.7 Å². The Hall–Kier alpha value is -1.75. The lowest BCUT2D eigenvalue weighted by Crippen LogP contribution is -2.39. The highest BCUT2D eigenvalue weighted by molar-refractivity contribution is 6.30. The van der Waals surface area contributed by atoms with Crippen molar-refractivity contribution in [3.63, 3.8) is 0 Å². The van der Waals surface area contributed by atoms with E-state index in [1.54, 1.807) is 31.2 Å². The molecular formula is C13H16ClNO4. The topological polar surface area (TPSA) is 64.6 Å². The Kier molecular flexibility index (Phi) is 6.15. The van der Waals surface area contributed by atoms with Gasteiger partial charge < -0.3 is 14.8 Å². The molecule has 1 atom stereocenters. The van der Waals surface area contributed by atoms with E-state index in [-0.39, 0.29) is 18.9 Å². The molecular weight excluding hydrogens is 270 g/mol. The number of hydrogen-bond donors (Lipinski definition) is 1. The van der Waals surface area contributed by atoms with Crippen LogP contribution in [0, 0.1) is 0 Å². The van der Waals surface area contributed by atoms with Crippen molar-refractivity contribution in [2.24, 2.45) is 0 Å². The van der Waals surface area contributed by atoms with E-state index >= 15 is 0 Å². The Morgan fingerprint density at radius 1 is 1.42 bits per heavy atom. The van der Waals surface area contributed by atoms with E-state index in [0.29, 0.717) is 10.8 Å². The second kappa shape index (κ2) is 7.63. The van der Waals surface area contributed by atoms with Gasteiger partial charge in [-0.05, 0) is 25.1 Å². The zero-order valence-corrected chi connectivity index (χ0v) is 11.6. The summed E-state index contributed by atoms with van der Waals surface area (Å²) in [5.41, 5.74) is 0. The molecule has 0 fully saturated rings. The fourth-order valence-electron chi connectivity index (χ4n) is 1.37. The maximum Gasteiger partial charge on any atom is 0.328 e. The number of benzene rings is 1. The van der Waals surface area contributed by atoms with Crippen LogP contribution in [0.15, 0.2) is 24.3 Å². The lowest BCUT2D eigenvalue weighted by atomic mass is 10.3. The van der Waals surface area contributed by atoms with Gasteiger partial charge in [0.2, 0.25) is 5.91 Å². The van der Waals surface area contributed by atoms with Gasteiger partial charge in [-0.25, -0.2) is 4.79 Å². The summed E-state index contributed by atoms with van der Waals surface area (Å²) < 4.78 is 9.86. The number of hydrogen-bond acceptors (Lipinski definition) is 4. The maximum absolute atomic E-state index is 11.5. The summed E-state index contributed by atoms with van der Waals surface area (Å²) in [5, 5.41) is 3.08. The van der Waals surface area contributed by atoms with E-state index in [2.05, 4.69) is 10.1 Å². The number of rotatable bonds is 6. The van der Waals surface area contributed by atoms with Crippen molar-refractivity contribution >= 4 is 23.5 Å². The predicted molar refractivity (Wildman–Crippen MR) is 71.2 cm³/mol. The molecule has 0 heterocycles. The number of carbonyl (C=O) groups is 2. The molecule has 104 valence electrons. The first-order chi connectivity index (χ1) is 9.02. The molecule has 0 aliphatic rings. The number of methoxy groups -OCH3 is 1. The minimum atomic E-state index is -0.663. The molecule has 5 nitrogen and oxygen atoms in total. The number of ether oxygens (including phenoxy) is 2. The molecule has 1 unspecified atom stereocenters.